The average Bonchev–Trinajstić information content (AvgIpc) is 2.37. The number of nitrogens with zero attached hydrogens (tertiary/aromatic N) is 1. The fourth-order valence-corrected chi connectivity index (χ4v) is 2.09. The van der Waals surface area contributed by atoms with Crippen molar-refractivity contribution >= 4 is 23.2 Å². The van der Waals surface area contributed by atoms with Crippen molar-refractivity contribution in [1.29, 1.82) is 0 Å². The third-order valence-corrected chi connectivity index (χ3v) is 3.14. The van der Waals surface area contributed by atoms with E-state index in [0.29, 0.717) is 10.7 Å². The first-order valence-corrected chi connectivity index (χ1v) is 6.89. The van der Waals surface area contributed by atoms with Crippen LogP contribution >= 0.6 is 11.6 Å². The van der Waals surface area contributed by atoms with Crippen LogP contribution in [-0.2, 0) is 0 Å². The van der Waals surface area contributed by atoms with Gasteiger partial charge in [0.05, 0.1) is 0 Å². The van der Waals surface area contributed by atoms with Crippen molar-refractivity contribution in [3.05, 3.63) is 58.4 Å². The standard InChI is InChI=1S/C16H17ClN2O/c1-10(2)14-8-12(9-15(17)19-14)16(20)18-13-6-4-5-11(3)7-13/h4-10H,1-3H3,(H,18,20). The zero-order valence-corrected chi connectivity index (χ0v) is 12.5. The van der Waals surface area contributed by atoms with Gasteiger partial charge in [-0.3, -0.25) is 4.79 Å². The van der Waals surface area contributed by atoms with Crippen molar-refractivity contribution in [2.45, 2.75) is 26.7 Å². The third-order valence-electron chi connectivity index (χ3n) is 2.94. The Kier molecular flexibility index (Phi) is 4.40. The Morgan fingerprint density at radius 3 is 2.65 bits per heavy atom. The van der Waals surface area contributed by atoms with Crippen LogP contribution in [0.15, 0.2) is 36.4 Å². The number of carbonyl (C=O) groups is 1. The highest BCUT2D eigenvalue weighted by Gasteiger charge is 2.11. The number of aromatic nitrogens is 1. The number of anilines is 1. The zero-order valence-electron chi connectivity index (χ0n) is 11.8. The van der Waals surface area contributed by atoms with Crippen LogP contribution in [0.3, 0.4) is 0 Å². The number of carbonyl (C=O) groups excluding carboxylic acids is 1. The van der Waals surface area contributed by atoms with Gasteiger partial charge in [0.1, 0.15) is 5.15 Å². The molecule has 20 heavy (non-hydrogen) atoms. The van der Waals surface area contributed by atoms with E-state index in [1.54, 1.807) is 12.1 Å². The summed E-state index contributed by atoms with van der Waals surface area (Å²) in [5.74, 6) is 0.0426. The van der Waals surface area contributed by atoms with Crippen LogP contribution in [0.2, 0.25) is 5.15 Å². The molecule has 104 valence electrons. The van der Waals surface area contributed by atoms with E-state index in [0.717, 1.165) is 16.9 Å². The molecular formula is C16H17ClN2O. The normalized spacial score (nSPS) is 10.7. The van der Waals surface area contributed by atoms with Crippen molar-refractivity contribution in [1.82, 2.24) is 4.98 Å². The van der Waals surface area contributed by atoms with Gasteiger partial charge in [0.25, 0.3) is 5.91 Å². The number of pyridine rings is 1. The van der Waals surface area contributed by atoms with Gasteiger partial charge in [0, 0.05) is 16.9 Å². The molecule has 2 aromatic rings. The van der Waals surface area contributed by atoms with Crippen LogP contribution < -0.4 is 5.32 Å². The molecule has 1 amide bonds. The Morgan fingerprint density at radius 1 is 1.25 bits per heavy atom. The van der Waals surface area contributed by atoms with E-state index < -0.39 is 0 Å². The van der Waals surface area contributed by atoms with Crippen molar-refractivity contribution in [2.24, 2.45) is 0 Å². The summed E-state index contributed by atoms with van der Waals surface area (Å²) >= 11 is 5.98. The molecule has 0 aliphatic rings. The summed E-state index contributed by atoms with van der Waals surface area (Å²) < 4.78 is 0. The largest absolute Gasteiger partial charge is 0.322 e. The molecule has 1 aromatic heterocycles. The Hall–Kier alpha value is -1.87. The second-order valence-electron chi connectivity index (χ2n) is 5.08. The van der Waals surface area contributed by atoms with Crippen LogP contribution in [0.1, 0.15) is 41.4 Å². The molecule has 0 unspecified atom stereocenters. The van der Waals surface area contributed by atoms with Crippen LogP contribution in [0.4, 0.5) is 5.69 Å². The molecule has 0 saturated carbocycles. The number of hydrogen-bond donors (Lipinski definition) is 1. The van der Waals surface area contributed by atoms with Gasteiger partial charge in [-0.05, 0) is 42.7 Å². The first-order chi connectivity index (χ1) is 9.45. The molecule has 0 aliphatic carbocycles. The summed E-state index contributed by atoms with van der Waals surface area (Å²) in [6.07, 6.45) is 0. The maximum atomic E-state index is 12.3. The van der Waals surface area contributed by atoms with Crippen molar-refractivity contribution in [2.75, 3.05) is 5.32 Å². The fraction of sp³-hybridized carbons (Fsp3) is 0.250. The van der Waals surface area contributed by atoms with Crippen LogP contribution in [-0.4, -0.2) is 10.9 Å². The van der Waals surface area contributed by atoms with E-state index in [1.165, 1.54) is 0 Å². The molecule has 0 atom stereocenters. The minimum atomic E-state index is -0.179. The van der Waals surface area contributed by atoms with Gasteiger partial charge < -0.3 is 5.32 Å². The fourth-order valence-electron chi connectivity index (χ4n) is 1.87. The highest BCUT2D eigenvalue weighted by molar-refractivity contribution is 6.29. The van der Waals surface area contributed by atoms with Gasteiger partial charge in [0.15, 0.2) is 0 Å². The Morgan fingerprint density at radius 2 is 2.00 bits per heavy atom. The molecule has 0 fully saturated rings. The average molecular weight is 289 g/mol. The van der Waals surface area contributed by atoms with E-state index in [2.05, 4.69) is 10.3 Å². The number of halogens is 1. The molecule has 0 aliphatic heterocycles. The highest BCUT2D eigenvalue weighted by atomic mass is 35.5. The number of rotatable bonds is 3. The zero-order chi connectivity index (χ0) is 14.7. The van der Waals surface area contributed by atoms with Gasteiger partial charge in [-0.25, -0.2) is 4.98 Å². The molecule has 1 N–H and O–H groups in total. The minimum Gasteiger partial charge on any atom is -0.322 e. The van der Waals surface area contributed by atoms with Gasteiger partial charge in [-0.15, -0.1) is 0 Å². The molecule has 0 spiro atoms. The van der Waals surface area contributed by atoms with E-state index in [4.69, 9.17) is 11.6 Å². The lowest BCUT2D eigenvalue weighted by atomic mass is 10.1. The highest BCUT2D eigenvalue weighted by Crippen LogP contribution is 2.19. The smallest absolute Gasteiger partial charge is 0.255 e. The lowest BCUT2D eigenvalue weighted by molar-refractivity contribution is 0.102. The van der Waals surface area contributed by atoms with E-state index in [-0.39, 0.29) is 11.8 Å². The van der Waals surface area contributed by atoms with Gasteiger partial charge in [0.2, 0.25) is 0 Å². The van der Waals surface area contributed by atoms with Gasteiger partial charge in [-0.1, -0.05) is 37.6 Å². The van der Waals surface area contributed by atoms with E-state index >= 15 is 0 Å². The molecule has 4 heteroatoms. The summed E-state index contributed by atoms with van der Waals surface area (Å²) in [6, 6.07) is 11.0. The number of aryl methyl sites for hydroxylation is 1. The van der Waals surface area contributed by atoms with E-state index in [9.17, 15) is 4.79 Å². The second kappa shape index (κ2) is 6.06. The molecular weight excluding hydrogens is 272 g/mol. The number of hydrogen-bond acceptors (Lipinski definition) is 2. The summed E-state index contributed by atoms with van der Waals surface area (Å²) in [5, 5.41) is 3.21. The molecule has 2 rings (SSSR count). The van der Waals surface area contributed by atoms with Crippen molar-refractivity contribution in [3.8, 4) is 0 Å². The predicted molar refractivity (Wildman–Crippen MR) is 82.5 cm³/mol. The summed E-state index contributed by atoms with van der Waals surface area (Å²) in [6.45, 7) is 6.01. The first kappa shape index (κ1) is 14.5. The summed E-state index contributed by atoms with van der Waals surface area (Å²) in [5.41, 5.74) is 3.20. The van der Waals surface area contributed by atoms with Crippen molar-refractivity contribution < 1.29 is 4.79 Å². The Labute approximate surface area is 124 Å². The first-order valence-electron chi connectivity index (χ1n) is 6.51. The third kappa shape index (κ3) is 3.58. The maximum Gasteiger partial charge on any atom is 0.255 e. The SMILES string of the molecule is Cc1cccc(NC(=O)c2cc(Cl)nc(C(C)C)c2)c1. The van der Waals surface area contributed by atoms with Crippen LogP contribution in [0, 0.1) is 6.92 Å². The van der Waals surface area contributed by atoms with Crippen LogP contribution in [0.25, 0.3) is 0 Å². The van der Waals surface area contributed by atoms with Crippen molar-refractivity contribution in [3.63, 3.8) is 0 Å². The molecule has 0 saturated heterocycles. The summed E-state index contributed by atoms with van der Waals surface area (Å²) in [4.78, 5) is 16.5. The van der Waals surface area contributed by atoms with E-state index in [1.807, 2.05) is 45.0 Å². The second-order valence-corrected chi connectivity index (χ2v) is 5.47. The lowest BCUT2D eigenvalue weighted by Gasteiger charge is -2.09. The molecule has 1 heterocycles. The quantitative estimate of drug-likeness (QED) is 0.850. The van der Waals surface area contributed by atoms with Gasteiger partial charge >= 0.3 is 0 Å². The Balaban J connectivity index is 2.25. The number of amides is 1. The van der Waals surface area contributed by atoms with Crippen LogP contribution in [0.5, 0.6) is 0 Å². The van der Waals surface area contributed by atoms with Gasteiger partial charge in [-0.2, -0.15) is 0 Å². The molecule has 1 aromatic carbocycles. The molecule has 0 bridgehead atoms. The molecule has 3 nitrogen and oxygen atoms in total. The molecule has 0 radical (unpaired) electrons. The Bertz CT molecular complexity index is 638. The number of nitrogens with one attached hydrogen (secondary N) is 1. The maximum absolute atomic E-state index is 12.3. The topological polar surface area (TPSA) is 42.0 Å². The predicted octanol–water partition coefficient (Wildman–Crippen LogP) is 4.42. The monoisotopic (exact) mass is 288 g/mol. The lowest BCUT2D eigenvalue weighted by Crippen LogP contribution is -2.13. The number of benzene rings is 1. The minimum absolute atomic E-state index is 0.179. The summed E-state index contributed by atoms with van der Waals surface area (Å²) in [7, 11) is 0.